The Balaban J connectivity index is 2.33. The smallest absolute Gasteiger partial charge is 0.146 e. The maximum Gasteiger partial charge on any atom is 0.146 e. The molecule has 17 heavy (non-hydrogen) atoms. The van der Waals surface area contributed by atoms with Crippen LogP contribution in [-0.2, 0) is 0 Å². The van der Waals surface area contributed by atoms with Gasteiger partial charge in [0.1, 0.15) is 5.82 Å². The van der Waals surface area contributed by atoms with Crippen molar-refractivity contribution < 1.29 is 0 Å². The van der Waals surface area contributed by atoms with Gasteiger partial charge in [-0.25, -0.2) is 4.98 Å². The Hall–Kier alpha value is -2.00. The van der Waals surface area contributed by atoms with Crippen LogP contribution in [0.15, 0.2) is 48.8 Å². The fourth-order valence-electron chi connectivity index (χ4n) is 1.89. The highest BCUT2D eigenvalue weighted by atomic mass is 35.5. The SMILES string of the molecule is Nc1ccccc1-c1ncc2c(Cl)cccn12. The number of aromatic nitrogens is 2. The maximum absolute atomic E-state index is 6.11. The summed E-state index contributed by atoms with van der Waals surface area (Å²) >= 11 is 6.11. The molecule has 2 N–H and O–H groups in total. The Morgan fingerprint density at radius 1 is 1.12 bits per heavy atom. The van der Waals surface area contributed by atoms with E-state index in [-0.39, 0.29) is 0 Å². The van der Waals surface area contributed by atoms with Gasteiger partial charge in [-0.15, -0.1) is 0 Å². The van der Waals surface area contributed by atoms with Crippen LogP contribution in [0.5, 0.6) is 0 Å². The van der Waals surface area contributed by atoms with Gasteiger partial charge in [0.25, 0.3) is 0 Å². The molecule has 0 spiro atoms. The predicted molar refractivity (Wildman–Crippen MR) is 70.1 cm³/mol. The number of rotatable bonds is 1. The van der Waals surface area contributed by atoms with Gasteiger partial charge in [0.05, 0.1) is 16.7 Å². The van der Waals surface area contributed by atoms with Crippen LogP contribution in [0.3, 0.4) is 0 Å². The second-order valence-corrected chi connectivity index (χ2v) is 4.19. The van der Waals surface area contributed by atoms with E-state index in [4.69, 9.17) is 17.3 Å². The number of imidazole rings is 1. The molecule has 0 fully saturated rings. The van der Waals surface area contributed by atoms with E-state index in [1.165, 1.54) is 0 Å². The third kappa shape index (κ3) is 1.56. The molecule has 0 saturated carbocycles. The molecular formula is C13H10ClN3. The van der Waals surface area contributed by atoms with Crippen LogP contribution in [0, 0.1) is 0 Å². The van der Waals surface area contributed by atoms with E-state index in [0.29, 0.717) is 10.7 Å². The van der Waals surface area contributed by atoms with Crippen molar-refractivity contribution in [3.05, 3.63) is 53.8 Å². The summed E-state index contributed by atoms with van der Waals surface area (Å²) in [6, 6.07) is 11.4. The fraction of sp³-hybridized carbons (Fsp3) is 0. The first-order valence-electron chi connectivity index (χ1n) is 5.24. The number of nitrogen functional groups attached to an aromatic ring is 1. The van der Waals surface area contributed by atoms with Crippen LogP contribution >= 0.6 is 11.6 Å². The zero-order valence-corrected chi connectivity index (χ0v) is 9.72. The number of anilines is 1. The van der Waals surface area contributed by atoms with E-state index in [9.17, 15) is 0 Å². The lowest BCUT2D eigenvalue weighted by Crippen LogP contribution is -1.94. The van der Waals surface area contributed by atoms with Gasteiger partial charge < -0.3 is 5.73 Å². The Morgan fingerprint density at radius 3 is 2.76 bits per heavy atom. The standard InChI is InChI=1S/C13H10ClN3/c14-10-5-3-7-17-12(10)8-16-13(17)9-4-1-2-6-11(9)15/h1-8H,15H2. The van der Waals surface area contributed by atoms with Crippen molar-refractivity contribution in [2.45, 2.75) is 0 Å². The van der Waals surface area contributed by atoms with Crippen molar-refractivity contribution >= 4 is 22.8 Å². The third-order valence-electron chi connectivity index (χ3n) is 2.72. The molecule has 0 amide bonds. The molecule has 0 aliphatic carbocycles. The molecule has 3 rings (SSSR count). The highest BCUT2D eigenvalue weighted by Crippen LogP contribution is 2.27. The van der Waals surface area contributed by atoms with E-state index < -0.39 is 0 Å². The Labute approximate surface area is 103 Å². The normalized spacial score (nSPS) is 10.9. The number of nitrogens with zero attached hydrogens (tertiary/aromatic N) is 2. The third-order valence-corrected chi connectivity index (χ3v) is 3.04. The van der Waals surface area contributed by atoms with Gasteiger partial charge in [-0.2, -0.15) is 0 Å². The molecule has 0 unspecified atom stereocenters. The fourth-order valence-corrected chi connectivity index (χ4v) is 2.10. The summed E-state index contributed by atoms with van der Waals surface area (Å²) in [6.45, 7) is 0. The van der Waals surface area contributed by atoms with Gasteiger partial charge in [0.2, 0.25) is 0 Å². The molecule has 0 radical (unpaired) electrons. The maximum atomic E-state index is 6.11. The van der Waals surface area contributed by atoms with E-state index >= 15 is 0 Å². The molecule has 0 bridgehead atoms. The predicted octanol–water partition coefficient (Wildman–Crippen LogP) is 3.24. The molecule has 84 valence electrons. The summed E-state index contributed by atoms with van der Waals surface area (Å²) in [6.07, 6.45) is 3.68. The number of halogens is 1. The lowest BCUT2D eigenvalue weighted by molar-refractivity contribution is 1.16. The lowest BCUT2D eigenvalue weighted by atomic mass is 10.2. The first-order valence-corrected chi connectivity index (χ1v) is 5.61. The Bertz CT molecular complexity index is 688. The molecule has 2 heterocycles. The quantitative estimate of drug-likeness (QED) is 0.667. The first kappa shape index (κ1) is 10.2. The zero-order chi connectivity index (χ0) is 11.8. The monoisotopic (exact) mass is 243 g/mol. The van der Waals surface area contributed by atoms with Crippen LogP contribution in [-0.4, -0.2) is 9.38 Å². The van der Waals surface area contributed by atoms with Crippen molar-refractivity contribution in [2.24, 2.45) is 0 Å². The number of hydrogen-bond donors (Lipinski definition) is 1. The second-order valence-electron chi connectivity index (χ2n) is 3.78. The van der Waals surface area contributed by atoms with E-state index in [2.05, 4.69) is 4.98 Å². The van der Waals surface area contributed by atoms with Gasteiger partial charge in [-0.3, -0.25) is 4.40 Å². The summed E-state index contributed by atoms with van der Waals surface area (Å²) in [4.78, 5) is 4.39. The molecule has 3 aromatic rings. The minimum atomic E-state index is 0.681. The van der Waals surface area contributed by atoms with Gasteiger partial charge in [-0.1, -0.05) is 23.7 Å². The highest BCUT2D eigenvalue weighted by molar-refractivity contribution is 6.33. The average Bonchev–Trinajstić information content (AvgIpc) is 2.75. The Kier molecular flexibility index (Phi) is 2.27. The molecule has 4 heteroatoms. The van der Waals surface area contributed by atoms with E-state index in [1.54, 1.807) is 6.20 Å². The number of para-hydroxylation sites is 1. The van der Waals surface area contributed by atoms with E-state index in [0.717, 1.165) is 16.9 Å². The van der Waals surface area contributed by atoms with Crippen LogP contribution < -0.4 is 5.73 Å². The highest BCUT2D eigenvalue weighted by Gasteiger charge is 2.09. The number of pyridine rings is 1. The molecule has 0 aliphatic heterocycles. The van der Waals surface area contributed by atoms with Gasteiger partial charge >= 0.3 is 0 Å². The summed E-state index contributed by atoms with van der Waals surface area (Å²) in [5, 5.41) is 0.681. The van der Waals surface area contributed by atoms with Crippen molar-refractivity contribution in [1.82, 2.24) is 9.38 Å². The molecular weight excluding hydrogens is 234 g/mol. The van der Waals surface area contributed by atoms with Gasteiger partial charge in [0, 0.05) is 17.4 Å². The van der Waals surface area contributed by atoms with Crippen LogP contribution in [0.4, 0.5) is 5.69 Å². The van der Waals surface area contributed by atoms with Crippen molar-refractivity contribution in [2.75, 3.05) is 5.73 Å². The molecule has 0 saturated heterocycles. The second kappa shape index (κ2) is 3.79. The largest absolute Gasteiger partial charge is 0.398 e. The molecule has 0 atom stereocenters. The summed E-state index contributed by atoms with van der Waals surface area (Å²) < 4.78 is 1.94. The van der Waals surface area contributed by atoms with Crippen molar-refractivity contribution in [3.8, 4) is 11.4 Å². The summed E-state index contributed by atoms with van der Waals surface area (Å²) in [5.41, 5.74) is 8.46. The van der Waals surface area contributed by atoms with Gasteiger partial charge in [0.15, 0.2) is 0 Å². The summed E-state index contributed by atoms with van der Waals surface area (Å²) in [7, 11) is 0. The van der Waals surface area contributed by atoms with Gasteiger partial charge in [-0.05, 0) is 24.3 Å². The van der Waals surface area contributed by atoms with Crippen LogP contribution in [0.25, 0.3) is 16.9 Å². The molecule has 0 aliphatic rings. The molecule has 3 nitrogen and oxygen atoms in total. The minimum Gasteiger partial charge on any atom is -0.398 e. The topological polar surface area (TPSA) is 43.3 Å². The molecule has 2 aromatic heterocycles. The molecule has 1 aromatic carbocycles. The van der Waals surface area contributed by atoms with Crippen molar-refractivity contribution in [1.29, 1.82) is 0 Å². The first-order chi connectivity index (χ1) is 8.27. The number of benzene rings is 1. The number of fused-ring (bicyclic) bond motifs is 1. The number of nitrogens with two attached hydrogens (primary N) is 1. The number of hydrogen-bond acceptors (Lipinski definition) is 2. The minimum absolute atomic E-state index is 0.681. The lowest BCUT2D eigenvalue weighted by Gasteiger charge is -2.04. The Morgan fingerprint density at radius 2 is 1.94 bits per heavy atom. The zero-order valence-electron chi connectivity index (χ0n) is 8.97. The van der Waals surface area contributed by atoms with Crippen molar-refractivity contribution in [3.63, 3.8) is 0 Å². The average molecular weight is 244 g/mol. The van der Waals surface area contributed by atoms with Crippen LogP contribution in [0.1, 0.15) is 0 Å². The van der Waals surface area contributed by atoms with E-state index in [1.807, 2.05) is 47.0 Å². The van der Waals surface area contributed by atoms with Crippen LogP contribution in [0.2, 0.25) is 5.02 Å². The summed E-state index contributed by atoms with van der Waals surface area (Å²) in [5.74, 6) is 0.806.